The third-order valence-electron chi connectivity index (χ3n) is 4.03. The molecular weight excluding hydrogens is 276 g/mol. The molecule has 0 bridgehead atoms. The van der Waals surface area contributed by atoms with Gasteiger partial charge in [-0.25, -0.2) is 4.98 Å². The van der Waals surface area contributed by atoms with E-state index in [1.54, 1.807) is 0 Å². The largest absolute Gasteiger partial charge is 0.361 e. The van der Waals surface area contributed by atoms with Gasteiger partial charge in [0, 0.05) is 28.4 Å². The number of pyridine rings is 2. The Hall–Kier alpha value is -2.69. The normalized spacial score (nSPS) is 11.6. The number of aryl methyl sites for hydroxylation is 3. The van der Waals surface area contributed by atoms with Gasteiger partial charge >= 0.3 is 0 Å². The van der Waals surface area contributed by atoms with Crippen LogP contribution in [0.3, 0.4) is 0 Å². The van der Waals surface area contributed by atoms with Crippen LogP contribution < -0.4 is 0 Å². The second-order valence-corrected chi connectivity index (χ2v) is 5.50. The summed E-state index contributed by atoms with van der Waals surface area (Å²) >= 11 is 0. The van der Waals surface area contributed by atoms with Gasteiger partial charge in [0.2, 0.25) is 0 Å². The Labute approximate surface area is 127 Å². The Morgan fingerprint density at radius 3 is 2.82 bits per heavy atom. The van der Waals surface area contributed by atoms with Gasteiger partial charge in [0.15, 0.2) is 0 Å². The molecule has 0 amide bonds. The van der Waals surface area contributed by atoms with E-state index in [0.29, 0.717) is 0 Å². The summed E-state index contributed by atoms with van der Waals surface area (Å²) in [6.07, 6.45) is 2.79. The van der Waals surface area contributed by atoms with Crippen molar-refractivity contribution in [3.8, 4) is 11.1 Å². The fourth-order valence-electron chi connectivity index (χ4n) is 2.92. The van der Waals surface area contributed by atoms with Gasteiger partial charge in [-0.05, 0) is 38.5 Å². The number of nitrogens with zero attached hydrogens (tertiary/aromatic N) is 3. The maximum absolute atomic E-state index is 5.25. The molecule has 4 heterocycles. The second kappa shape index (κ2) is 4.66. The molecule has 0 saturated heterocycles. The van der Waals surface area contributed by atoms with Crippen LogP contribution >= 0.6 is 0 Å². The van der Waals surface area contributed by atoms with Crippen molar-refractivity contribution < 1.29 is 4.52 Å². The zero-order chi connectivity index (χ0) is 15.3. The minimum atomic E-state index is 0.807. The molecule has 110 valence electrons. The Morgan fingerprint density at radius 2 is 2.09 bits per heavy atom. The molecule has 22 heavy (non-hydrogen) atoms. The summed E-state index contributed by atoms with van der Waals surface area (Å²) in [4.78, 5) is 12.6. The van der Waals surface area contributed by atoms with E-state index in [2.05, 4.69) is 45.2 Å². The number of hydrogen-bond acceptors (Lipinski definition) is 4. The van der Waals surface area contributed by atoms with Crippen molar-refractivity contribution in [3.63, 3.8) is 0 Å². The number of fused-ring (bicyclic) bond motifs is 3. The van der Waals surface area contributed by atoms with Crippen LogP contribution in [0.15, 0.2) is 28.9 Å². The van der Waals surface area contributed by atoms with Gasteiger partial charge in [0.05, 0.1) is 16.7 Å². The number of hydrogen-bond donors (Lipinski definition) is 1. The molecule has 0 spiro atoms. The van der Waals surface area contributed by atoms with Gasteiger partial charge in [-0.3, -0.25) is 4.98 Å². The molecular formula is C17H16N4O. The first-order valence-corrected chi connectivity index (χ1v) is 7.38. The Kier molecular flexibility index (Phi) is 2.76. The molecule has 5 nitrogen and oxygen atoms in total. The van der Waals surface area contributed by atoms with Crippen LogP contribution in [0.2, 0.25) is 0 Å². The average molecular weight is 292 g/mol. The highest BCUT2D eigenvalue weighted by Crippen LogP contribution is 2.30. The molecule has 0 unspecified atom stereocenters. The summed E-state index contributed by atoms with van der Waals surface area (Å²) in [6, 6.07) is 6.23. The molecule has 0 aliphatic rings. The molecule has 0 aliphatic carbocycles. The molecule has 4 aromatic rings. The molecule has 4 aromatic heterocycles. The lowest BCUT2D eigenvalue weighted by atomic mass is 10.1. The van der Waals surface area contributed by atoms with E-state index in [0.717, 1.165) is 56.8 Å². The molecule has 4 rings (SSSR count). The predicted molar refractivity (Wildman–Crippen MR) is 85.7 cm³/mol. The van der Waals surface area contributed by atoms with E-state index in [1.165, 1.54) is 0 Å². The van der Waals surface area contributed by atoms with Crippen LogP contribution in [0.5, 0.6) is 0 Å². The van der Waals surface area contributed by atoms with Crippen LogP contribution in [0.1, 0.15) is 24.1 Å². The van der Waals surface area contributed by atoms with Crippen LogP contribution in [-0.4, -0.2) is 20.1 Å². The summed E-state index contributed by atoms with van der Waals surface area (Å²) in [5.74, 6) is 0.807. The topological polar surface area (TPSA) is 67.6 Å². The van der Waals surface area contributed by atoms with Crippen LogP contribution in [0.25, 0.3) is 33.2 Å². The lowest BCUT2D eigenvalue weighted by Crippen LogP contribution is -1.85. The van der Waals surface area contributed by atoms with Gasteiger partial charge in [-0.2, -0.15) is 0 Å². The molecule has 0 saturated carbocycles. The highest BCUT2D eigenvalue weighted by molar-refractivity contribution is 6.04. The Balaban J connectivity index is 1.96. The first-order chi connectivity index (χ1) is 10.7. The van der Waals surface area contributed by atoms with Crippen molar-refractivity contribution in [1.82, 2.24) is 20.1 Å². The summed E-state index contributed by atoms with van der Waals surface area (Å²) < 4.78 is 5.25. The predicted octanol–water partition coefficient (Wildman–Crippen LogP) is 3.95. The number of aromatic nitrogens is 4. The number of H-pyrrole nitrogens is 1. The molecule has 0 radical (unpaired) electrons. The van der Waals surface area contributed by atoms with Crippen molar-refractivity contribution in [2.75, 3.05) is 0 Å². The van der Waals surface area contributed by atoms with Crippen molar-refractivity contribution >= 4 is 22.1 Å². The fraction of sp³-hybridized carbons (Fsp3) is 0.235. The fourth-order valence-corrected chi connectivity index (χ4v) is 2.92. The average Bonchev–Trinajstić information content (AvgIpc) is 3.05. The number of aromatic amines is 1. The summed E-state index contributed by atoms with van der Waals surface area (Å²) in [5, 5.41) is 5.07. The zero-order valence-electron chi connectivity index (χ0n) is 12.8. The number of rotatable bonds is 2. The van der Waals surface area contributed by atoms with Crippen LogP contribution in [-0.2, 0) is 6.42 Å². The van der Waals surface area contributed by atoms with Gasteiger partial charge in [0.1, 0.15) is 11.4 Å². The second-order valence-electron chi connectivity index (χ2n) is 5.50. The molecule has 5 heteroatoms. The smallest absolute Gasteiger partial charge is 0.141 e. The summed E-state index contributed by atoms with van der Waals surface area (Å²) in [5.41, 5.74) is 6.78. The summed E-state index contributed by atoms with van der Waals surface area (Å²) in [7, 11) is 0. The van der Waals surface area contributed by atoms with Crippen molar-refractivity contribution in [2.45, 2.75) is 27.2 Å². The standard InChI is InChI=1S/C17H16N4O/c1-4-12-5-6-13-16-14(20-17(13)19-12)7-11(8-18-16)15-9(2)21-22-10(15)3/h5-8H,4H2,1-3H3,(H,19,20). The maximum Gasteiger partial charge on any atom is 0.141 e. The van der Waals surface area contributed by atoms with E-state index in [-0.39, 0.29) is 0 Å². The van der Waals surface area contributed by atoms with E-state index in [9.17, 15) is 0 Å². The lowest BCUT2D eigenvalue weighted by molar-refractivity contribution is 0.393. The highest BCUT2D eigenvalue weighted by Gasteiger charge is 2.14. The zero-order valence-corrected chi connectivity index (χ0v) is 12.8. The monoisotopic (exact) mass is 292 g/mol. The summed E-state index contributed by atoms with van der Waals surface area (Å²) in [6.45, 7) is 5.96. The first-order valence-electron chi connectivity index (χ1n) is 7.38. The third kappa shape index (κ3) is 1.82. The first kappa shape index (κ1) is 13.0. The van der Waals surface area contributed by atoms with Crippen molar-refractivity contribution in [1.29, 1.82) is 0 Å². The molecule has 0 atom stereocenters. The molecule has 0 aromatic carbocycles. The highest BCUT2D eigenvalue weighted by atomic mass is 16.5. The molecule has 0 fully saturated rings. The Morgan fingerprint density at radius 1 is 1.23 bits per heavy atom. The maximum atomic E-state index is 5.25. The minimum Gasteiger partial charge on any atom is -0.361 e. The lowest BCUT2D eigenvalue weighted by Gasteiger charge is -2.00. The van der Waals surface area contributed by atoms with Crippen LogP contribution in [0, 0.1) is 13.8 Å². The van der Waals surface area contributed by atoms with Crippen molar-refractivity contribution in [3.05, 3.63) is 41.5 Å². The Bertz CT molecular complexity index is 977. The SMILES string of the molecule is CCc1ccc2c(n1)[nH]c1cc(-c3c(C)noc3C)cnc12. The van der Waals surface area contributed by atoms with Gasteiger partial charge in [-0.1, -0.05) is 12.1 Å². The van der Waals surface area contributed by atoms with E-state index in [1.807, 2.05) is 20.0 Å². The van der Waals surface area contributed by atoms with E-state index in [4.69, 9.17) is 4.52 Å². The van der Waals surface area contributed by atoms with Gasteiger partial charge in [-0.15, -0.1) is 0 Å². The quantitative estimate of drug-likeness (QED) is 0.607. The van der Waals surface area contributed by atoms with E-state index >= 15 is 0 Å². The van der Waals surface area contributed by atoms with E-state index < -0.39 is 0 Å². The third-order valence-corrected chi connectivity index (χ3v) is 4.03. The van der Waals surface area contributed by atoms with Crippen molar-refractivity contribution in [2.24, 2.45) is 0 Å². The van der Waals surface area contributed by atoms with Crippen LogP contribution in [0.4, 0.5) is 0 Å². The van der Waals surface area contributed by atoms with Gasteiger partial charge < -0.3 is 9.51 Å². The number of nitrogens with one attached hydrogen (secondary N) is 1. The van der Waals surface area contributed by atoms with Gasteiger partial charge in [0.25, 0.3) is 0 Å². The molecule has 0 aliphatic heterocycles. The minimum absolute atomic E-state index is 0.807. The molecule has 1 N–H and O–H groups in total.